The molecule has 1 N–H and O–H groups in total. The summed E-state index contributed by atoms with van der Waals surface area (Å²) in [5, 5.41) is 20.2. The Kier molecular flexibility index (Phi) is 23.2. The maximum absolute atomic E-state index is 13.7. The molecule has 0 saturated carbocycles. The highest BCUT2D eigenvalue weighted by molar-refractivity contribution is 8.00. The van der Waals surface area contributed by atoms with Crippen LogP contribution in [-0.2, 0) is 58.1 Å². The maximum atomic E-state index is 13.7. The second kappa shape index (κ2) is 23.5. The van der Waals surface area contributed by atoms with Gasteiger partial charge in [0.25, 0.3) is 0 Å². The molecule has 0 bridgehead atoms. The van der Waals surface area contributed by atoms with Crippen molar-refractivity contribution >= 4 is 95.1 Å². The Balaban J connectivity index is 6.29. The monoisotopic (exact) mass is 1050 g/mol. The van der Waals surface area contributed by atoms with Crippen LogP contribution in [0.4, 0.5) is 0 Å². The molecule has 0 aromatic carbocycles. The molecule has 0 aromatic rings. The lowest BCUT2D eigenvalue weighted by Crippen LogP contribution is -2.65. The Morgan fingerprint density at radius 2 is 1.09 bits per heavy atom. The van der Waals surface area contributed by atoms with Crippen molar-refractivity contribution in [1.29, 1.82) is 5.26 Å². The zero-order chi connectivity index (χ0) is 50.8. The van der Waals surface area contributed by atoms with Gasteiger partial charge in [-0.2, -0.15) is 5.26 Å². The molecule has 0 fully saturated rings. The summed E-state index contributed by atoms with van der Waals surface area (Å²) in [5.41, 5.74) is -3.50. The van der Waals surface area contributed by atoms with Crippen LogP contribution in [0.3, 0.4) is 0 Å². The molecule has 64 heavy (non-hydrogen) atoms. The highest BCUT2D eigenvalue weighted by Gasteiger charge is 2.55. The minimum Gasteiger partial charge on any atom is -0.481 e. The molecule has 0 aromatic heterocycles. The molecule has 0 amide bonds. The first-order valence-electron chi connectivity index (χ1n) is 22.2. The van der Waals surface area contributed by atoms with Crippen LogP contribution in [0.1, 0.15) is 73.6 Å². The summed E-state index contributed by atoms with van der Waals surface area (Å²) in [6.45, 7) is 41.4. The number of esters is 3. The van der Waals surface area contributed by atoms with E-state index in [1.54, 1.807) is 27.7 Å². The first kappa shape index (κ1) is 63.0. The number of carbonyl (C=O) groups is 4. The van der Waals surface area contributed by atoms with E-state index < -0.39 is 110 Å². The largest absolute Gasteiger partial charge is 0.481 e. The third-order valence-electron chi connectivity index (χ3n) is 9.54. The third-order valence-corrected chi connectivity index (χ3v) is 34.2. The first-order valence-corrected chi connectivity index (χ1v) is 43.7. The van der Waals surface area contributed by atoms with Gasteiger partial charge in [-0.1, -0.05) is 0 Å². The smallest absolute Gasteiger partial charge is 0.471 e. The standard InChI is InChI=1S/C41H87NO14SSi7/c1-38(2,35(44)45)29-33(34(43)48-7)30-40(5,37(47)49-8)25-26-41(6,31-42)57-32-39(3,4)36(46)50-27-24-28-64(53-60(15,16)17,54-61(18,19)20)56-62(21,22)55-63(23,51-58(9,10)11)52-59(12,13)14/h33H,24-30,32H2,1-23H3,(H,44,45). The molecule has 3 atom stereocenters. The van der Waals surface area contributed by atoms with Crippen LogP contribution in [0.25, 0.3) is 0 Å². The number of hydrogen-bond acceptors (Lipinski definition) is 15. The van der Waals surface area contributed by atoms with Crippen LogP contribution in [-0.4, -0.2) is 120 Å². The number of aliphatic carboxylic acids is 1. The van der Waals surface area contributed by atoms with Gasteiger partial charge in [-0.3, -0.25) is 19.2 Å². The number of methoxy groups -OCH3 is 2. The number of carboxylic acid groups (broad SMARTS) is 1. The van der Waals surface area contributed by atoms with Crippen LogP contribution >= 0.6 is 11.8 Å². The number of nitriles is 1. The number of carboxylic acids is 1. The molecule has 15 nitrogen and oxygen atoms in total. The van der Waals surface area contributed by atoms with E-state index in [0.29, 0.717) is 12.5 Å². The van der Waals surface area contributed by atoms with E-state index in [0.717, 1.165) is 0 Å². The van der Waals surface area contributed by atoms with E-state index in [9.17, 15) is 29.5 Å². The summed E-state index contributed by atoms with van der Waals surface area (Å²) >= 11 is 1.29. The SMILES string of the molecule is COC(=O)C(CC(C)(C)C(=O)O)CC(C)(CCC(C)(C#N)SCC(C)(C)C(=O)OCCC[Si](O[Si](C)(C)C)(O[Si](C)(C)C)O[Si](C)(C)O[Si](C)(O[Si](C)(C)C)O[Si](C)(C)C)C(=O)OC. The van der Waals surface area contributed by atoms with E-state index >= 15 is 0 Å². The lowest BCUT2D eigenvalue weighted by atomic mass is 9.72. The number of thioether (sulfide) groups is 1. The summed E-state index contributed by atoms with van der Waals surface area (Å²) in [5.74, 6) is -3.41. The molecular weight excluding hydrogens is 959 g/mol. The minimum absolute atomic E-state index is 0.0396. The molecule has 374 valence electrons. The molecule has 0 saturated heterocycles. The number of ether oxygens (including phenoxy) is 3. The van der Waals surface area contributed by atoms with E-state index in [1.807, 2.05) is 19.6 Å². The van der Waals surface area contributed by atoms with Crippen molar-refractivity contribution < 1.29 is 63.2 Å². The number of hydrogen-bond donors (Lipinski definition) is 1. The van der Waals surface area contributed by atoms with Gasteiger partial charge in [0, 0.05) is 18.3 Å². The molecular formula is C41H87NO14SSi7. The van der Waals surface area contributed by atoms with Crippen molar-refractivity contribution in [2.75, 3.05) is 26.6 Å². The normalized spacial score (nSPS) is 16.2. The van der Waals surface area contributed by atoms with Crippen LogP contribution in [0.5, 0.6) is 0 Å². The second-order valence-electron chi connectivity index (χ2n) is 23.1. The molecule has 0 spiro atoms. The van der Waals surface area contributed by atoms with Crippen molar-refractivity contribution in [1.82, 2.24) is 0 Å². The van der Waals surface area contributed by atoms with E-state index in [-0.39, 0.29) is 38.0 Å². The summed E-state index contributed by atoms with van der Waals surface area (Å²) in [7, 11) is -16.0. The lowest BCUT2D eigenvalue weighted by molar-refractivity contribution is -0.158. The van der Waals surface area contributed by atoms with Crippen molar-refractivity contribution in [3.8, 4) is 6.07 Å². The lowest BCUT2D eigenvalue weighted by Gasteiger charge is -2.46. The first-order chi connectivity index (χ1) is 28.3. The Bertz CT molecular complexity index is 1590. The predicted molar refractivity (Wildman–Crippen MR) is 271 cm³/mol. The van der Waals surface area contributed by atoms with Crippen molar-refractivity contribution in [2.45, 2.75) is 183 Å². The zero-order valence-electron chi connectivity index (χ0n) is 43.8. The number of nitrogens with zero attached hydrogens (tertiary/aromatic N) is 1. The molecule has 0 aliphatic heterocycles. The van der Waals surface area contributed by atoms with Gasteiger partial charge in [-0.05, 0) is 165 Å². The molecule has 0 aliphatic rings. The molecule has 0 heterocycles. The Hall–Kier alpha value is -1.00. The molecule has 3 unspecified atom stereocenters. The van der Waals surface area contributed by atoms with Gasteiger partial charge < -0.3 is 44.0 Å². The van der Waals surface area contributed by atoms with Gasteiger partial charge in [0.15, 0.2) is 33.3 Å². The summed E-state index contributed by atoms with van der Waals surface area (Å²) in [4.78, 5) is 51.8. The second-order valence-corrected chi connectivity index (χ2v) is 52.8. The van der Waals surface area contributed by atoms with E-state index in [1.165, 1.54) is 39.8 Å². The minimum atomic E-state index is -3.48. The average Bonchev–Trinajstić information content (AvgIpc) is 3.06. The van der Waals surface area contributed by atoms with Crippen LogP contribution in [0, 0.1) is 33.5 Å². The van der Waals surface area contributed by atoms with Gasteiger partial charge in [0.1, 0.15) is 0 Å². The quantitative estimate of drug-likeness (QED) is 0.0309. The van der Waals surface area contributed by atoms with Gasteiger partial charge in [-0.15, -0.1) is 11.8 Å². The highest BCUT2D eigenvalue weighted by Crippen LogP contribution is 2.43. The number of rotatable bonds is 30. The average molecular weight is 1050 g/mol. The predicted octanol–water partition coefficient (Wildman–Crippen LogP) is 10.2. The van der Waals surface area contributed by atoms with Crippen LogP contribution < -0.4 is 0 Å². The number of carbonyl (C=O) groups excluding carboxylic acids is 3. The molecule has 0 aliphatic carbocycles. The molecule has 0 rings (SSSR count). The van der Waals surface area contributed by atoms with E-state index in [4.69, 9.17) is 38.9 Å². The molecule has 23 heteroatoms. The van der Waals surface area contributed by atoms with Crippen LogP contribution in [0.15, 0.2) is 0 Å². The van der Waals surface area contributed by atoms with E-state index in [2.05, 4.69) is 84.6 Å². The fourth-order valence-corrected chi connectivity index (χ4v) is 36.7. The summed E-state index contributed by atoms with van der Waals surface area (Å²) in [6.07, 6.45) is 0.679. The zero-order valence-corrected chi connectivity index (χ0v) is 51.7. The molecule has 0 radical (unpaired) electrons. The Labute approximate surface area is 398 Å². The highest BCUT2D eigenvalue weighted by atomic mass is 32.2. The van der Waals surface area contributed by atoms with Gasteiger partial charge in [0.05, 0.1) is 53.8 Å². The van der Waals surface area contributed by atoms with Crippen molar-refractivity contribution in [3.05, 3.63) is 0 Å². The van der Waals surface area contributed by atoms with Crippen LogP contribution in [0.2, 0.25) is 104 Å². The van der Waals surface area contributed by atoms with Gasteiger partial charge in [-0.25, -0.2) is 0 Å². The fraction of sp³-hybridized carbons (Fsp3) is 0.878. The van der Waals surface area contributed by atoms with Crippen molar-refractivity contribution in [3.63, 3.8) is 0 Å². The van der Waals surface area contributed by atoms with Crippen molar-refractivity contribution in [2.24, 2.45) is 22.2 Å². The maximum Gasteiger partial charge on any atom is 0.471 e. The third kappa shape index (κ3) is 23.8. The summed E-state index contributed by atoms with van der Waals surface area (Å²) < 4.78 is 56.5. The summed E-state index contributed by atoms with van der Waals surface area (Å²) in [6, 6.07) is 2.77. The topological polar surface area (TPSA) is 195 Å². The Morgan fingerprint density at radius 3 is 1.48 bits per heavy atom. The Morgan fingerprint density at radius 1 is 0.625 bits per heavy atom. The fourth-order valence-electron chi connectivity index (χ4n) is 7.07. The van der Waals surface area contributed by atoms with Gasteiger partial charge in [0.2, 0.25) is 0 Å². The van der Waals surface area contributed by atoms with Gasteiger partial charge >= 0.3 is 50.0 Å².